The third kappa shape index (κ3) is 1.58. The van der Waals surface area contributed by atoms with Gasteiger partial charge in [-0.05, 0) is 49.2 Å². The van der Waals surface area contributed by atoms with Crippen LogP contribution in [-0.4, -0.2) is 32.9 Å². The largest absolute Gasteiger partial charge is 0.364 e. The van der Waals surface area contributed by atoms with E-state index < -0.39 is 0 Å². The van der Waals surface area contributed by atoms with Crippen molar-refractivity contribution >= 4 is 0 Å². The second-order valence-corrected chi connectivity index (χ2v) is 4.36. The van der Waals surface area contributed by atoms with Gasteiger partial charge in [-0.3, -0.25) is 0 Å². The van der Waals surface area contributed by atoms with Gasteiger partial charge in [0.15, 0.2) is 0 Å². The summed E-state index contributed by atoms with van der Waals surface area (Å²) in [5.74, 6) is 0. The molecule has 1 aromatic rings. The number of tetrazole rings is 1. The minimum absolute atomic E-state index is 0.0237. The van der Waals surface area contributed by atoms with Crippen molar-refractivity contribution < 1.29 is 0 Å². The van der Waals surface area contributed by atoms with E-state index in [0.29, 0.717) is 6.04 Å². The zero-order valence-electron chi connectivity index (χ0n) is 8.59. The average Bonchev–Trinajstić information content (AvgIpc) is 3.04. The van der Waals surface area contributed by atoms with Crippen LogP contribution in [0.3, 0.4) is 0 Å². The van der Waals surface area contributed by atoms with E-state index in [-0.39, 0.29) is 11.7 Å². The molecule has 6 nitrogen and oxygen atoms in total. The van der Waals surface area contributed by atoms with Crippen molar-refractivity contribution in [2.45, 2.75) is 37.8 Å². The molecule has 2 fully saturated rings. The maximum absolute atomic E-state index is 11.9. The number of aromatic nitrogens is 4. The van der Waals surface area contributed by atoms with Crippen LogP contribution in [0, 0.1) is 0 Å². The Bertz CT molecular complexity index is 399. The van der Waals surface area contributed by atoms with Crippen molar-refractivity contribution in [1.82, 2.24) is 25.1 Å². The van der Waals surface area contributed by atoms with Crippen LogP contribution in [0.25, 0.3) is 0 Å². The Balaban J connectivity index is 1.87. The summed E-state index contributed by atoms with van der Waals surface area (Å²) in [4.78, 5) is 11.9. The summed E-state index contributed by atoms with van der Waals surface area (Å²) in [5.41, 5.74) is -0.0237. The third-order valence-electron chi connectivity index (χ3n) is 3.17. The molecule has 1 aliphatic carbocycles. The summed E-state index contributed by atoms with van der Waals surface area (Å²) >= 11 is 0. The molecular formula is C9H15N5O. The molecule has 82 valence electrons. The van der Waals surface area contributed by atoms with Gasteiger partial charge in [-0.15, -0.1) is 0 Å². The molecule has 2 aliphatic rings. The average molecular weight is 209 g/mol. The molecule has 0 spiro atoms. The fourth-order valence-corrected chi connectivity index (χ4v) is 2.10. The van der Waals surface area contributed by atoms with Crippen molar-refractivity contribution in [3.05, 3.63) is 10.5 Å². The standard InChI is InChI=1S/C9H15N5O/c15-9-13(7-1-2-7)11-12-14(9)8-3-5-10-6-4-8/h7-8,10H,1-6H2. The molecule has 0 amide bonds. The summed E-state index contributed by atoms with van der Waals surface area (Å²) in [6.07, 6.45) is 4.10. The number of nitrogens with zero attached hydrogens (tertiary/aromatic N) is 4. The lowest BCUT2D eigenvalue weighted by atomic mass is 10.1. The fourth-order valence-electron chi connectivity index (χ4n) is 2.10. The van der Waals surface area contributed by atoms with E-state index in [9.17, 15) is 4.79 Å². The van der Waals surface area contributed by atoms with Gasteiger partial charge in [0.05, 0.1) is 12.1 Å². The number of nitrogens with one attached hydrogen (secondary N) is 1. The maximum atomic E-state index is 11.9. The lowest BCUT2D eigenvalue weighted by Crippen LogP contribution is -2.35. The Morgan fingerprint density at radius 3 is 2.07 bits per heavy atom. The predicted molar refractivity (Wildman–Crippen MR) is 53.7 cm³/mol. The lowest BCUT2D eigenvalue weighted by Gasteiger charge is -2.21. The summed E-state index contributed by atoms with van der Waals surface area (Å²) in [6.45, 7) is 1.93. The molecule has 0 radical (unpaired) electrons. The zero-order chi connectivity index (χ0) is 10.3. The van der Waals surface area contributed by atoms with Crippen molar-refractivity contribution in [3.63, 3.8) is 0 Å². The Hall–Kier alpha value is -1.17. The highest BCUT2D eigenvalue weighted by atomic mass is 16.2. The van der Waals surface area contributed by atoms with E-state index in [1.165, 1.54) is 0 Å². The predicted octanol–water partition coefficient (Wildman–Crippen LogP) is -0.301. The van der Waals surface area contributed by atoms with E-state index in [1.54, 1.807) is 9.36 Å². The first-order chi connectivity index (χ1) is 7.36. The molecule has 3 rings (SSSR count). The third-order valence-corrected chi connectivity index (χ3v) is 3.17. The van der Waals surface area contributed by atoms with Crippen LogP contribution in [0.1, 0.15) is 37.8 Å². The van der Waals surface area contributed by atoms with Crippen LogP contribution in [0.15, 0.2) is 4.79 Å². The maximum Gasteiger partial charge on any atom is 0.364 e. The van der Waals surface area contributed by atoms with Crippen LogP contribution in [-0.2, 0) is 0 Å². The highest BCUT2D eigenvalue weighted by Gasteiger charge is 2.29. The molecule has 1 saturated carbocycles. The van der Waals surface area contributed by atoms with Crippen molar-refractivity contribution in [1.29, 1.82) is 0 Å². The molecule has 1 aliphatic heterocycles. The molecule has 6 heteroatoms. The Morgan fingerprint density at radius 1 is 1.00 bits per heavy atom. The van der Waals surface area contributed by atoms with Gasteiger partial charge in [-0.1, -0.05) is 0 Å². The van der Waals surface area contributed by atoms with E-state index in [0.717, 1.165) is 38.8 Å². The first kappa shape index (κ1) is 9.08. The molecular weight excluding hydrogens is 194 g/mol. The molecule has 0 atom stereocenters. The summed E-state index contributed by atoms with van der Waals surface area (Å²) in [6, 6.07) is 0.569. The number of rotatable bonds is 2. The second-order valence-electron chi connectivity index (χ2n) is 4.36. The second kappa shape index (κ2) is 3.44. The smallest absolute Gasteiger partial charge is 0.317 e. The normalized spacial score (nSPS) is 23.2. The van der Waals surface area contributed by atoms with Crippen molar-refractivity contribution in [2.24, 2.45) is 0 Å². The van der Waals surface area contributed by atoms with Gasteiger partial charge in [0.2, 0.25) is 0 Å². The van der Waals surface area contributed by atoms with Crippen LogP contribution in [0.5, 0.6) is 0 Å². The van der Waals surface area contributed by atoms with Gasteiger partial charge in [-0.25, -0.2) is 4.79 Å². The van der Waals surface area contributed by atoms with Gasteiger partial charge in [0.1, 0.15) is 0 Å². The van der Waals surface area contributed by atoms with Crippen LogP contribution < -0.4 is 11.0 Å². The Kier molecular flexibility index (Phi) is 2.09. The van der Waals surface area contributed by atoms with Gasteiger partial charge in [-0.2, -0.15) is 9.36 Å². The summed E-state index contributed by atoms with van der Waals surface area (Å²) in [7, 11) is 0. The number of hydrogen-bond donors (Lipinski definition) is 1. The minimum Gasteiger partial charge on any atom is -0.317 e. The first-order valence-corrected chi connectivity index (χ1v) is 5.61. The molecule has 15 heavy (non-hydrogen) atoms. The molecule has 0 bridgehead atoms. The van der Waals surface area contributed by atoms with Crippen molar-refractivity contribution in [2.75, 3.05) is 13.1 Å². The van der Waals surface area contributed by atoms with Crippen molar-refractivity contribution in [3.8, 4) is 0 Å². The van der Waals surface area contributed by atoms with Crippen LogP contribution in [0.4, 0.5) is 0 Å². The van der Waals surface area contributed by atoms with E-state index in [2.05, 4.69) is 15.7 Å². The van der Waals surface area contributed by atoms with Gasteiger partial charge in [0, 0.05) is 0 Å². The Labute approximate surface area is 87.2 Å². The fraction of sp³-hybridized carbons (Fsp3) is 0.889. The highest BCUT2D eigenvalue weighted by Crippen LogP contribution is 2.32. The number of hydrogen-bond acceptors (Lipinski definition) is 4. The topological polar surface area (TPSA) is 64.7 Å². The molecule has 1 N–H and O–H groups in total. The SMILES string of the molecule is O=c1n(C2CCNCC2)nnn1C1CC1. The zero-order valence-corrected chi connectivity index (χ0v) is 8.59. The van der Waals surface area contributed by atoms with Crippen LogP contribution >= 0.6 is 0 Å². The highest BCUT2D eigenvalue weighted by molar-refractivity contribution is 4.82. The number of piperidine rings is 1. The van der Waals surface area contributed by atoms with Gasteiger partial charge in [0.25, 0.3) is 0 Å². The van der Waals surface area contributed by atoms with E-state index in [1.807, 2.05) is 0 Å². The minimum atomic E-state index is -0.0237. The first-order valence-electron chi connectivity index (χ1n) is 5.61. The lowest BCUT2D eigenvalue weighted by molar-refractivity contribution is 0.330. The van der Waals surface area contributed by atoms with E-state index >= 15 is 0 Å². The molecule has 0 unspecified atom stereocenters. The quantitative estimate of drug-likeness (QED) is 0.726. The van der Waals surface area contributed by atoms with Gasteiger partial charge < -0.3 is 5.32 Å². The Morgan fingerprint density at radius 2 is 1.53 bits per heavy atom. The molecule has 1 aromatic heterocycles. The summed E-state index contributed by atoms with van der Waals surface area (Å²) in [5, 5.41) is 11.2. The van der Waals surface area contributed by atoms with Crippen LogP contribution in [0.2, 0.25) is 0 Å². The molecule has 1 saturated heterocycles. The molecule has 0 aromatic carbocycles. The monoisotopic (exact) mass is 209 g/mol. The van der Waals surface area contributed by atoms with E-state index in [4.69, 9.17) is 0 Å². The molecule has 2 heterocycles. The summed E-state index contributed by atoms with van der Waals surface area (Å²) < 4.78 is 3.11. The van der Waals surface area contributed by atoms with Gasteiger partial charge >= 0.3 is 5.69 Å².